The Hall–Kier alpha value is -3.01. The van der Waals surface area contributed by atoms with E-state index in [0.717, 1.165) is 10.8 Å². The number of pyridine rings is 1. The fourth-order valence-electron chi connectivity index (χ4n) is 2.13. The first-order valence-electron chi connectivity index (χ1n) is 6.41. The molecule has 0 saturated heterocycles. The molecular formula is C17H13NO3. The highest BCUT2D eigenvalue weighted by atomic mass is 16.3. The van der Waals surface area contributed by atoms with E-state index in [9.17, 15) is 15.3 Å². The van der Waals surface area contributed by atoms with E-state index in [1.54, 1.807) is 6.20 Å². The second kappa shape index (κ2) is 5.17. The highest BCUT2D eigenvalue weighted by Crippen LogP contribution is 2.28. The molecule has 3 N–H and O–H groups in total. The van der Waals surface area contributed by atoms with Gasteiger partial charge in [0.1, 0.15) is 17.3 Å². The van der Waals surface area contributed by atoms with Crippen LogP contribution in [0.25, 0.3) is 22.6 Å². The molecule has 0 fully saturated rings. The van der Waals surface area contributed by atoms with Gasteiger partial charge in [-0.05, 0) is 23.6 Å². The third-order valence-electron chi connectivity index (χ3n) is 3.19. The first kappa shape index (κ1) is 13.0. The number of phenolic OH excluding ortho intramolecular Hbond substituents is 2. The van der Waals surface area contributed by atoms with Crippen molar-refractivity contribution in [2.24, 2.45) is 0 Å². The maximum absolute atomic E-state index is 10.1. The van der Waals surface area contributed by atoms with Crippen molar-refractivity contribution in [3.63, 3.8) is 0 Å². The summed E-state index contributed by atoms with van der Waals surface area (Å²) in [6.45, 7) is 0. The van der Waals surface area contributed by atoms with Gasteiger partial charge in [0.2, 0.25) is 0 Å². The molecule has 4 heteroatoms. The molecular weight excluding hydrogens is 266 g/mol. The summed E-state index contributed by atoms with van der Waals surface area (Å²) in [4.78, 5) is 4.25. The minimum atomic E-state index is -0.190. The molecule has 0 saturated carbocycles. The number of aliphatic hydroxyl groups is 1. The Morgan fingerprint density at radius 2 is 1.71 bits per heavy atom. The van der Waals surface area contributed by atoms with E-state index in [1.807, 2.05) is 30.3 Å². The summed E-state index contributed by atoms with van der Waals surface area (Å²) < 4.78 is 0. The van der Waals surface area contributed by atoms with Gasteiger partial charge in [0.25, 0.3) is 0 Å². The van der Waals surface area contributed by atoms with Crippen molar-refractivity contribution in [2.45, 2.75) is 0 Å². The minimum absolute atomic E-state index is 0.0621. The summed E-state index contributed by atoms with van der Waals surface area (Å²) >= 11 is 0. The molecule has 0 radical (unpaired) electrons. The lowest BCUT2D eigenvalue weighted by atomic mass is 10.1. The third-order valence-corrected chi connectivity index (χ3v) is 3.19. The standard InChI is InChI=1S/C17H13NO3/c19-14-5-6-15(17(21)9-14)16(20)8-13-7-11-3-1-2-4-12(11)10-18-13/h1-10,19-21H. The largest absolute Gasteiger partial charge is 0.508 e. The Bertz CT molecular complexity index is 840. The Labute approximate surface area is 121 Å². The second-order valence-electron chi connectivity index (χ2n) is 4.69. The van der Waals surface area contributed by atoms with Crippen molar-refractivity contribution < 1.29 is 15.3 Å². The predicted molar refractivity (Wildman–Crippen MR) is 82.0 cm³/mol. The fourth-order valence-corrected chi connectivity index (χ4v) is 2.13. The number of fused-ring (bicyclic) bond motifs is 1. The van der Waals surface area contributed by atoms with Crippen molar-refractivity contribution in [3.05, 3.63) is 66.0 Å². The maximum atomic E-state index is 10.1. The van der Waals surface area contributed by atoms with Gasteiger partial charge in [-0.25, -0.2) is 0 Å². The van der Waals surface area contributed by atoms with Crippen molar-refractivity contribution >= 4 is 22.6 Å². The lowest BCUT2D eigenvalue weighted by Crippen LogP contribution is -1.87. The molecule has 0 aliphatic rings. The molecule has 0 atom stereocenters. The zero-order valence-electron chi connectivity index (χ0n) is 11.1. The summed E-state index contributed by atoms with van der Waals surface area (Å²) in [5.74, 6) is -0.368. The molecule has 0 unspecified atom stereocenters. The molecule has 0 bridgehead atoms. The Morgan fingerprint density at radius 1 is 0.952 bits per heavy atom. The van der Waals surface area contributed by atoms with E-state index in [1.165, 1.54) is 24.3 Å². The van der Waals surface area contributed by atoms with Gasteiger partial charge in [-0.2, -0.15) is 0 Å². The van der Waals surface area contributed by atoms with Crippen LogP contribution in [0.1, 0.15) is 11.3 Å². The summed E-state index contributed by atoms with van der Waals surface area (Å²) in [6.07, 6.45) is 3.20. The zero-order chi connectivity index (χ0) is 14.8. The Morgan fingerprint density at radius 3 is 2.48 bits per heavy atom. The molecule has 0 aliphatic heterocycles. The molecule has 104 valence electrons. The summed E-state index contributed by atoms with van der Waals surface area (Å²) in [6, 6.07) is 13.7. The van der Waals surface area contributed by atoms with Crippen molar-refractivity contribution in [3.8, 4) is 11.5 Å². The fraction of sp³-hybridized carbons (Fsp3) is 0. The number of benzene rings is 2. The van der Waals surface area contributed by atoms with Crippen LogP contribution in [0.4, 0.5) is 0 Å². The maximum Gasteiger partial charge on any atom is 0.130 e. The average Bonchev–Trinajstić information content (AvgIpc) is 2.47. The van der Waals surface area contributed by atoms with Gasteiger partial charge >= 0.3 is 0 Å². The smallest absolute Gasteiger partial charge is 0.130 e. The number of nitrogens with zero attached hydrogens (tertiary/aromatic N) is 1. The molecule has 21 heavy (non-hydrogen) atoms. The van der Waals surface area contributed by atoms with Gasteiger partial charge in [0.15, 0.2) is 0 Å². The average molecular weight is 279 g/mol. The van der Waals surface area contributed by atoms with Crippen LogP contribution in [0, 0.1) is 0 Å². The molecule has 3 rings (SSSR count). The monoisotopic (exact) mass is 279 g/mol. The van der Waals surface area contributed by atoms with Gasteiger partial charge in [0.05, 0.1) is 11.3 Å². The molecule has 0 amide bonds. The van der Waals surface area contributed by atoms with E-state index < -0.39 is 0 Å². The highest BCUT2D eigenvalue weighted by Gasteiger charge is 2.07. The molecule has 2 aromatic carbocycles. The van der Waals surface area contributed by atoms with E-state index >= 15 is 0 Å². The van der Waals surface area contributed by atoms with Crippen LogP contribution in [-0.4, -0.2) is 20.3 Å². The first-order valence-corrected chi connectivity index (χ1v) is 6.41. The lowest BCUT2D eigenvalue weighted by Gasteiger charge is -2.05. The second-order valence-corrected chi connectivity index (χ2v) is 4.69. The lowest BCUT2D eigenvalue weighted by molar-refractivity contribution is 0.443. The highest BCUT2D eigenvalue weighted by molar-refractivity contribution is 5.85. The van der Waals surface area contributed by atoms with E-state index in [0.29, 0.717) is 5.69 Å². The van der Waals surface area contributed by atoms with Crippen LogP contribution < -0.4 is 0 Å². The third kappa shape index (κ3) is 2.65. The number of aromatic nitrogens is 1. The van der Waals surface area contributed by atoms with Crippen LogP contribution >= 0.6 is 0 Å². The Balaban J connectivity index is 2.02. The van der Waals surface area contributed by atoms with Gasteiger partial charge in [-0.1, -0.05) is 24.3 Å². The molecule has 1 aromatic heterocycles. The summed E-state index contributed by atoms with van der Waals surface area (Å²) in [7, 11) is 0. The van der Waals surface area contributed by atoms with Crippen molar-refractivity contribution in [1.29, 1.82) is 0 Å². The number of phenols is 2. The van der Waals surface area contributed by atoms with E-state index in [2.05, 4.69) is 4.98 Å². The SMILES string of the molecule is OC(=Cc1cc2ccccc2cn1)c1ccc(O)cc1O. The van der Waals surface area contributed by atoms with Gasteiger partial charge in [0, 0.05) is 23.7 Å². The molecule has 0 aliphatic carbocycles. The van der Waals surface area contributed by atoms with Crippen molar-refractivity contribution in [1.82, 2.24) is 4.98 Å². The van der Waals surface area contributed by atoms with Gasteiger partial charge in [-0.3, -0.25) is 4.98 Å². The minimum Gasteiger partial charge on any atom is -0.508 e. The topological polar surface area (TPSA) is 73.6 Å². The summed E-state index contributed by atoms with van der Waals surface area (Å²) in [5.41, 5.74) is 0.821. The normalized spacial score (nSPS) is 11.7. The zero-order valence-corrected chi connectivity index (χ0v) is 11.1. The molecule has 4 nitrogen and oxygen atoms in total. The summed E-state index contributed by atoms with van der Waals surface area (Å²) in [5, 5.41) is 31.1. The van der Waals surface area contributed by atoms with Gasteiger partial charge in [-0.15, -0.1) is 0 Å². The number of rotatable bonds is 2. The molecule has 1 heterocycles. The molecule has 3 aromatic rings. The number of hydrogen-bond acceptors (Lipinski definition) is 4. The Kier molecular flexibility index (Phi) is 3.20. The van der Waals surface area contributed by atoms with Crippen LogP contribution in [-0.2, 0) is 0 Å². The predicted octanol–water partition coefficient (Wildman–Crippen LogP) is 3.70. The van der Waals surface area contributed by atoms with Gasteiger partial charge < -0.3 is 15.3 Å². The number of hydrogen-bond donors (Lipinski definition) is 3. The number of aromatic hydroxyl groups is 2. The van der Waals surface area contributed by atoms with Crippen LogP contribution in [0.15, 0.2) is 54.7 Å². The quantitative estimate of drug-likeness (QED) is 0.625. The first-order chi connectivity index (χ1) is 10.1. The number of aliphatic hydroxyl groups excluding tert-OH is 1. The van der Waals surface area contributed by atoms with Crippen molar-refractivity contribution in [2.75, 3.05) is 0 Å². The van der Waals surface area contributed by atoms with Crippen LogP contribution in [0.3, 0.4) is 0 Å². The van der Waals surface area contributed by atoms with E-state index in [-0.39, 0.29) is 22.8 Å². The van der Waals surface area contributed by atoms with Crippen LogP contribution in [0.5, 0.6) is 11.5 Å². The molecule has 0 spiro atoms. The van der Waals surface area contributed by atoms with Crippen LogP contribution in [0.2, 0.25) is 0 Å². The van der Waals surface area contributed by atoms with E-state index in [4.69, 9.17) is 0 Å².